The van der Waals surface area contributed by atoms with Crippen molar-refractivity contribution in [1.29, 1.82) is 0 Å². The van der Waals surface area contributed by atoms with E-state index in [1.165, 1.54) is 0 Å². The molecule has 0 aliphatic heterocycles. The summed E-state index contributed by atoms with van der Waals surface area (Å²) in [6.45, 7) is 10.7. The number of rotatable bonds is 6. The Kier molecular flexibility index (Phi) is 9.54. The maximum Gasteiger partial charge on any atom is 0.191 e. The lowest BCUT2D eigenvalue weighted by Crippen LogP contribution is -2.42. The number of aliphatic imine (C=N–C) groups is 1. The lowest BCUT2D eigenvalue weighted by Gasteiger charge is -2.16. The molecule has 6 nitrogen and oxygen atoms in total. The molecule has 0 fully saturated rings. The first-order valence-electron chi connectivity index (χ1n) is 6.62. The lowest BCUT2D eigenvalue weighted by atomic mass is 10.3. The molecule has 0 aliphatic rings. The van der Waals surface area contributed by atoms with Crippen molar-refractivity contribution >= 4 is 29.9 Å². The first kappa shape index (κ1) is 18.1. The molecule has 1 aromatic rings. The van der Waals surface area contributed by atoms with Crippen molar-refractivity contribution in [2.45, 2.75) is 53.2 Å². The second kappa shape index (κ2) is 9.99. The summed E-state index contributed by atoms with van der Waals surface area (Å²) in [4.78, 5) is 4.52. The fourth-order valence-electron chi connectivity index (χ4n) is 1.47. The Balaban J connectivity index is 0.00000324. The summed E-state index contributed by atoms with van der Waals surface area (Å²) in [5, 5.41) is 14.5. The Labute approximate surface area is 132 Å². The molecule has 1 rings (SSSR count). The van der Waals surface area contributed by atoms with Crippen LogP contribution in [0.2, 0.25) is 0 Å². The van der Waals surface area contributed by atoms with Crippen molar-refractivity contribution in [1.82, 2.24) is 25.4 Å². The van der Waals surface area contributed by atoms with Crippen LogP contribution in [0.15, 0.2) is 11.3 Å². The number of nitrogens with zero attached hydrogens (tertiary/aromatic N) is 4. The zero-order valence-corrected chi connectivity index (χ0v) is 14.5. The van der Waals surface area contributed by atoms with E-state index in [4.69, 9.17) is 0 Å². The number of aryl methyl sites for hydroxylation is 1. The van der Waals surface area contributed by atoms with E-state index in [9.17, 15) is 0 Å². The zero-order valence-electron chi connectivity index (χ0n) is 12.2. The highest BCUT2D eigenvalue weighted by Gasteiger charge is 2.05. The SMILES string of the molecule is CCNC(=NCc1nncn1CC)NC(C)CC.I. The lowest BCUT2D eigenvalue weighted by molar-refractivity contribution is 0.621. The summed E-state index contributed by atoms with van der Waals surface area (Å²) in [6.07, 6.45) is 2.80. The van der Waals surface area contributed by atoms with Gasteiger partial charge in [0.1, 0.15) is 12.9 Å². The van der Waals surface area contributed by atoms with Gasteiger partial charge in [-0.05, 0) is 27.2 Å². The number of nitrogens with one attached hydrogen (secondary N) is 2. The largest absolute Gasteiger partial charge is 0.357 e. The standard InChI is InChI=1S/C12H24N6.HI/c1-5-10(4)16-12(13-6-2)14-8-11-17-15-9-18(11)7-3;/h9-10H,5-8H2,1-4H3,(H2,13,14,16);1H. The molecule has 1 atom stereocenters. The van der Waals surface area contributed by atoms with Crippen LogP contribution in [0.3, 0.4) is 0 Å². The normalized spacial score (nSPS) is 12.7. The topological polar surface area (TPSA) is 67.1 Å². The Morgan fingerprint density at radius 2 is 2.16 bits per heavy atom. The number of halogens is 1. The fraction of sp³-hybridized carbons (Fsp3) is 0.750. The molecule has 1 heterocycles. The molecule has 0 bridgehead atoms. The Hall–Kier alpha value is -0.860. The van der Waals surface area contributed by atoms with Gasteiger partial charge in [-0.25, -0.2) is 4.99 Å². The number of hydrogen-bond donors (Lipinski definition) is 2. The minimum atomic E-state index is 0. The molecule has 19 heavy (non-hydrogen) atoms. The van der Waals surface area contributed by atoms with Crippen LogP contribution < -0.4 is 10.6 Å². The van der Waals surface area contributed by atoms with Gasteiger partial charge in [-0.15, -0.1) is 34.2 Å². The molecular weight excluding hydrogens is 355 g/mol. The Morgan fingerprint density at radius 1 is 1.42 bits per heavy atom. The van der Waals surface area contributed by atoms with Crippen molar-refractivity contribution < 1.29 is 0 Å². The molecule has 7 heteroatoms. The van der Waals surface area contributed by atoms with Crippen molar-refractivity contribution in [3.8, 4) is 0 Å². The molecule has 1 unspecified atom stereocenters. The molecule has 0 spiro atoms. The van der Waals surface area contributed by atoms with Gasteiger partial charge in [0.15, 0.2) is 11.8 Å². The molecule has 2 N–H and O–H groups in total. The van der Waals surface area contributed by atoms with Crippen LogP contribution in [0.1, 0.15) is 39.9 Å². The van der Waals surface area contributed by atoms with Gasteiger partial charge in [-0.1, -0.05) is 6.92 Å². The highest BCUT2D eigenvalue weighted by molar-refractivity contribution is 14.0. The van der Waals surface area contributed by atoms with Crippen LogP contribution in [0.25, 0.3) is 0 Å². The van der Waals surface area contributed by atoms with Crippen molar-refractivity contribution in [2.24, 2.45) is 4.99 Å². The van der Waals surface area contributed by atoms with Crippen LogP contribution in [0.5, 0.6) is 0 Å². The highest BCUT2D eigenvalue weighted by atomic mass is 127. The summed E-state index contributed by atoms with van der Waals surface area (Å²) < 4.78 is 2.00. The first-order chi connectivity index (χ1) is 8.71. The molecule has 0 saturated carbocycles. The smallest absolute Gasteiger partial charge is 0.191 e. The van der Waals surface area contributed by atoms with Crippen LogP contribution in [0.4, 0.5) is 0 Å². The predicted octanol–water partition coefficient (Wildman–Crippen LogP) is 1.77. The quantitative estimate of drug-likeness (QED) is 0.449. The van der Waals surface area contributed by atoms with Crippen LogP contribution >= 0.6 is 24.0 Å². The second-order valence-corrected chi connectivity index (χ2v) is 4.18. The zero-order chi connectivity index (χ0) is 13.4. The third kappa shape index (κ3) is 6.22. The first-order valence-corrected chi connectivity index (χ1v) is 6.62. The number of guanidine groups is 1. The Bertz CT molecular complexity index is 376. The van der Waals surface area contributed by atoms with Crippen molar-refractivity contribution in [2.75, 3.05) is 6.54 Å². The van der Waals surface area contributed by atoms with E-state index >= 15 is 0 Å². The van der Waals surface area contributed by atoms with Gasteiger partial charge in [0.2, 0.25) is 0 Å². The van der Waals surface area contributed by atoms with Crippen molar-refractivity contribution in [3.63, 3.8) is 0 Å². The van der Waals surface area contributed by atoms with E-state index in [2.05, 4.69) is 53.5 Å². The monoisotopic (exact) mass is 380 g/mol. The average Bonchev–Trinajstić information content (AvgIpc) is 2.83. The van der Waals surface area contributed by atoms with E-state index in [-0.39, 0.29) is 24.0 Å². The number of aromatic nitrogens is 3. The molecule has 0 amide bonds. The van der Waals surface area contributed by atoms with E-state index in [1.54, 1.807) is 6.33 Å². The predicted molar refractivity (Wildman–Crippen MR) is 88.8 cm³/mol. The molecule has 110 valence electrons. The van der Waals surface area contributed by atoms with Gasteiger partial charge in [-0.2, -0.15) is 0 Å². The van der Waals surface area contributed by atoms with E-state index in [0.29, 0.717) is 12.6 Å². The third-order valence-corrected chi connectivity index (χ3v) is 2.75. The average molecular weight is 380 g/mol. The number of hydrogen-bond acceptors (Lipinski definition) is 3. The van der Waals surface area contributed by atoms with Gasteiger partial charge >= 0.3 is 0 Å². The molecule has 0 saturated heterocycles. The van der Waals surface area contributed by atoms with Crippen LogP contribution in [0, 0.1) is 0 Å². The van der Waals surface area contributed by atoms with Gasteiger partial charge in [0.25, 0.3) is 0 Å². The second-order valence-electron chi connectivity index (χ2n) is 4.18. The molecule has 0 aromatic carbocycles. The van der Waals surface area contributed by atoms with Crippen LogP contribution in [-0.2, 0) is 13.1 Å². The van der Waals surface area contributed by atoms with E-state index < -0.39 is 0 Å². The molecule has 0 aliphatic carbocycles. The summed E-state index contributed by atoms with van der Waals surface area (Å²) in [6, 6.07) is 0.409. The Morgan fingerprint density at radius 3 is 2.74 bits per heavy atom. The fourth-order valence-corrected chi connectivity index (χ4v) is 1.47. The van der Waals surface area contributed by atoms with Gasteiger partial charge < -0.3 is 15.2 Å². The van der Waals surface area contributed by atoms with Crippen LogP contribution in [-0.4, -0.2) is 33.3 Å². The van der Waals surface area contributed by atoms with E-state index in [1.807, 2.05) is 4.57 Å². The van der Waals surface area contributed by atoms with Gasteiger partial charge in [0, 0.05) is 19.1 Å². The highest BCUT2D eigenvalue weighted by Crippen LogP contribution is 1.97. The summed E-state index contributed by atoms with van der Waals surface area (Å²) in [5.74, 6) is 1.72. The summed E-state index contributed by atoms with van der Waals surface area (Å²) in [5.41, 5.74) is 0. The van der Waals surface area contributed by atoms with Crippen molar-refractivity contribution in [3.05, 3.63) is 12.2 Å². The minimum absolute atomic E-state index is 0. The third-order valence-electron chi connectivity index (χ3n) is 2.75. The maximum absolute atomic E-state index is 4.52. The van der Waals surface area contributed by atoms with Gasteiger partial charge in [0.05, 0.1) is 0 Å². The maximum atomic E-state index is 4.52. The summed E-state index contributed by atoms with van der Waals surface area (Å²) in [7, 11) is 0. The van der Waals surface area contributed by atoms with E-state index in [0.717, 1.165) is 31.3 Å². The molecular formula is C12H25IN6. The molecule has 0 radical (unpaired) electrons. The minimum Gasteiger partial charge on any atom is -0.357 e. The summed E-state index contributed by atoms with van der Waals surface area (Å²) >= 11 is 0. The van der Waals surface area contributed by atoms with Gasteiger partial charge in [-0.3, -0.25) is 0 Å². The molecule has 1 aromatic heterocycles.